The fraction of sp³-hybridized carbons (Fsp3) is 0.702. The summed E-state index contributed by atoms with van der Waals surface area (Å²) in [4.78, 5) is 156. The Morgan fingerprint density at radius 1 is 0.682 bits per heavy atom. The maximum Gasteiger partial charge on any atom is 0.245 e. The lowest BCUT2D eigenvalue weighted by Crippen LogP contribution is -2.64. The van der Waals surface area contributed by atoms with Crippen LogP contribution in [-0.2, 0) is 63.9 Å². The second-order valence-electron chi connectivity index (χ2n) is 23.2. The molecule has 496 valence electrons. The Labute approximate surface area is 513 Å². The molecule has 0 aliphatic carbocycles. The number of aliphatic hydroxyl groups is 3. The number of piperazine rings is 1. The van der Waals surface area contributed by atoms with Crippen LogP contribution >= 0.6 is 0 Å². The highest BCUT2D eigenvalue weighted by molar-refractivity contribution is 5.99. The molecular weight excluding hydrogens is 1150 g/mol. The van der Waals surface area contributed by atoms with Gasteiger partial charge in [0, 0.05) is 38.0 Å². The summed E-state index contributed by atoms with van der Waals surface area (Å²) in [5.41, 5.74) is 23.6. The Morgan fingerprint density at radius 3 is 1.75 bits per heavy atom. The molecule has 31 nitrogen and oxygen atoms in total. The molecule has 2 saturated heterocycles. The van der Waals surface area contributed by atoms with E-state index in [1.807, 2.05) is 6.92 Å². The number of ether oxygens (including phenoxy) is 1. The zero-order chi connectivity index (χ0) is 65.8. The zero-order valence-electron chi connectivity index (χ0n) is 51.7. The van der Waals surface area contributed by atoms with E-state index in [9.17, 15) is 68.1 Å². The third-order valence-corrected chi connectivity index (χ3v) is 15.1. The highest BCUT2D eigenvalue weighted by Crippen LogP contribution is 2.25. The second-order valence-corrected chi connectivity index (χ2v) is 23.2. The van der Waals surface area contributed by atoms with Crippen LogP contribution in [0.2, 0.25) is 0 Å². The van der Waals surface area contributed by atoms with Crippen molar-refractivity contribution in [2.24, 2.45) is 34.3 Å². The number of aliphatic hydroxyl groups excluding tert-OH is 3. The molecule has 13 atom stereocenters. The Morgan fingerprint density at radius 2 is 1.22 bits per heavy atom. The SMILES string of the molecule is CCC(C)(C)C(O)OCCC(=O)N1CCNCC1C(=O)N[C@H](C(=O)N[C@@H](CCN)C(=O)N[C@H]1CCNC(=O)[C@H](C(C)O)NC(=O)[C@H](CCN)NC(=O)[C@H](CCN)NC(=O)[C@H](CC(C)C)NC(=O)[C@@H](Cc2ccccc2)NC(=O)[C@H](CCN)NC1=O)C(C)O. The Hall–Kier alpha value is -6.97. The summed E-state index contributed by atoms with van der Waals surface area (Å²) in [7, 11) is 0. The molecule has 3 rings (SSSR count). The van der Waals surface area contributed by atoms with E-state index in [1.54, 1.807) is 58.0 Å². The van der Waals surface area contributed by atoms with Gasteiger partial charge in [-0.15, -0.1) is 0 Å². The highest BCUT2D eigenvalue weighted by atomic mass is 16.6. The van der Waals surface area contributed by atoms with Crippen LogP contribution in [0.4, 0.5) is 0 Å². The van der Waals surface area contributed by atoms with Gasteiger partial charge in [0.15, 0.2) is 6.29 Å². The normalized spacial score (nSPS) is 24.3. The summed E-state index contributed by atoms with van der Waals surface area (Å²) < 4.78 is 5.52. The predicted molar refractivity (Wildman–Crippen MR) is 322 cm³/mol. The topological polar surface area (TPSA) is 497 Å². The van der Waals surface area contributed by atoms with Crippen LogP contribution < -0.4 is 81.4 Å². The largest absolute Gasteiger partial charge is 0.391 e. The summed E-state index contributed by atoms with van der Waals surface area (Å²) in [6.45, 7) is 10.5. The summed E-state index contributed by atoms with van der Waals surface area (Å²) in [6, 6.07) is -6.35. The molecular formula is C57H98N16O15. The standard InChI is InChI=1S/C57H98N16O15/c1-8-57(6,7)56(87)88-27-19-43(76)73-26-25-62-30-42(73)53(84)72-45(33(5)75)55(86)68-37(16-22-60)47(78)67-39-18-24-63-54(85)44(32(4)74)71-50(81)38(17-23-61)65-46(77)35(14-20-58)66-51(82)40(28-31(2)3)69-52(83)41(29-34-12-10-9-11-13-34)70-48(79)36(15-21-59)64-49(39)80/h9-13,31-33,35-42,44-45,56,62,74-75,87H,8,14-30,58-61H2,1-7H3,(H,63,85)(H,64,80)(H,65,77)(H,66,82)(H,67,78)(H,68,86)(H,69,83)(H,70,79)(H,71,81)(H,72,84)/t32?,33?,35-,36-,37-,38-,39-,40-,41+,42?,44-,45-,56?/m0/s1. The number of rotatable bonds is 26. The van der Waals surface area contributed by atoms with Crippen LogP contribution in [0.3, 0.4) is 0 Å². The lowest BCUT2D eigenvalue weighted by molar-refractivity contribution is -0.170. The van der Waals surface area contributed by atoms with Crippen molar-refractivity contribution in [1.82, 2.24) is 63.4 Å². The summed E-state index contributed by atoms with van der Waals surface area (Å²) in [5, 5.41) is 60.7. The van der Waals surface area contributed by atoms with E-state index in [1.165, 1.54) is 18.7 Å². The molecule has 11 amide bonds. The van der Waals surface area contributed by atoms with Gasteiger partial charge in [-0.3, -0.25) is 52.7 Å². The van der Waals surface area contributed by atoms with Crippen LogP contribution in [-0.4, -0.2) is 223 Å². The van der Waals surface area contributed by atoms with Crippen molar-refractivity contribution in [2.45, 2.75) is 185 Å². The number of amides is 11. The summed E-state index contributed by atoms with van der Waals surface area (Å²) in [5.74, 6) is -10.1. The van der Waals surface area contributed by atoms with Gasteiger partial charge < -0.3 is 106 Å². The minimum atomic E-state index is -1.73. The molecule has 4 unspecified atom stereocenters. The first-order valence-electron chi connectivity index (χ1n) is 30.1. The van der Waals surface area contributed by atoms with Gasteiger partial charge in [-0.1, -0.05) is 65.0 Å². The summed E-state index contributed by atoms with van der Waals surface area (Å²) in [6.07, 6.45) is -5.33. The number of carbonyl (C=O) groups excluding carboxylic acids is 11. The van der Waals surface area contributed by atoms with Crippen molar-refractivity contribution in [3.8, 4) is 0 Å². The van der Waals surface area contributed by atoms with Gasteiger partial charge in [-0.25, -0.2) is 0 Å². The van der Waals surface area contributed by atoms with E-state index in [2.05, 4.69) is 58.5 Å². The molecule has 1 aromatic rings. The fourth-order valence-corrected chi connectivity index (χ4v) is 9.47. The zero-order valence-corrected chi connectivity index (χ0v) is 51.7. The van der Waals surface area contributed by atoms with Crippen molar-refractivity contribution in [3.63, 3.8) is 0 Å². The quantitative estimate of drug-likeness (QED) is 0.0383. The third-order valence-electron chi connectivity index (χ3n) is 15.1. The van der Waals surface area contributed by atoms with E-state index < -0.39 is 162 Å². The number of hydrogen-bond acceptors (Lipinski definition) is 20. The van der Waals surface area contributed by atoms with Crippen LogP contribution in [0.15, 0.2) is 30.3 Å². The van der Waals surface area contributed by atoms with Crippen LogP contribution in [0.1, 0.15) is 105 Å². The number of nitrogens with one attached hydrogen (secondary N) is 11. The van der Waals surface area contributed by atoms with E-state index in [4.69, 9.17) is 27.7 Å². The van der Waals surface area contributed by atoms with Gasteiger partial charge in [0.1, 0.15) is 60.4 Å². The molecule has 88 heavy (non-hydrogen) atoms. The van der Waals surface area contributed by atoms with Gasteiger partial charge in [-0.05, 0) is 96.5 Å². The maximum atomic E-state index is 14.6. The van der Waals surface area contributed by atoms with Crippen molar-refractivity contribution >= 4 is 65.0 Å². The van der Waals surface area contributed by atoms with E-state index in [0.717, 1.165) is 0 Å². The number of hydrogen-bond donors (Lipinski definition) is 18. The van der Waals surface area contributed by atoms with Crippen molar-refractivity contribution < 1.29 is 72.8 Å². The molecule has 2 fully saturated rings. The molecule has 2 heterocycles. The molecule has 31 heteroatoms. The third kappa shape index (κ3) is 24.2. The predicted octanol–water partition coefficient (Wildman–Crippen LogP) is -6.72. The number of nitrogens with two attached hydrogens (primary N) is 4. The molecule has 0 aromatic heterocycles. The molecule has 1 aromatic carbocycles. The minimum absolute atomic E-state index is 0.0317. The molecule has 0 spiro atoms. The van der Waals surface area contributed by atoms with Gasteiger partial charge in [0.2, 0.25) is 65.0 Å². The van der Waals surface area contributed by atoms with Crippen LogP contribution in [0.25, 0.3) is 0 Å². The Kier molecular flexibility index (Phi) is 32.3. The first-order chi connectivity index (χ1) is 41.6. The number of benzene rings is 1. The Bertz CT molecular complexity index is 2470. The molecule has 0 radical (unpaired) electrons. The van der Waals surface area contributed by atoms with E-state index in [0.29, 0.717) is 18.5 Å². The molecule has 0 saturated carbocycles. The lowest BCUT2D eigenvalue weighted by atomic mass is 9.89. The Balaban J connectivity index is 2.05. The summed E-state index contributed by atoms with van der Waals surface area (Å²) >= 11 is 0. The first-order valence-corrected chi connectivity index (χ1v) is 30.1. The van der Waals surface area contributed by atoms with Gasteiger partial charge in [0.05, 0.1) is 25.2 Å². The van der Waals surface area contributed by atoms with Crippen molar-refractivity contribution in [3.05, 3.63) is 35.9 Å². The monoisotopic (exact) mass is 1250 g/mol. The van der Waals surface area contributed by atoms with Gasteiger partial charge >= 0.3 is 0 Å². The fourth-order valence-electron chi connectivity index (χ4n) is 9.47. The molecule has 22 N–H and O–H groups in total. The van der Waals surface area contributed by atoms with Crippen molar-refractivity contribution in [1.29, 1.82) is 0 Å². The smallest absolute Gasteiger partial charge is 0.245 e. The molecule has 0 bridgehead atoms. The minimum Gasteiger partial charge on any atom is -0.391 e. The molecule has 2 aliphatic rings. The number of carbonyl (C=O) groups is 11. The van der Waals surface area contributed by atoms with Crippen LogP contribution in [0, 0.1) is 11.3 Å². The first kappa shape index (κ1) is 75.3. The maximum absolute atomic E-state index is 14.6. The second kappa shape index (κ2) is 37.8. The van der Waals surface area contributed by atoms with E-state index in [-0.39, 0.29) is 96.7 Å². The van der Waals surface area contributed by atoms with Crippen LogP contribution in [0.5, 0.6) is 0 Å². The van der Waals surface area contributed by atoms with Gasteiger partial charge in [0.25, 0.3) is 0 Å². The molecule has 2 aliphatic heterocycles. The lowest BCUT2D eigenvalue weighted by Gasteiger charge is -2.36. The van der Waals surface area contributed by atoms with Crippen molar-refractivity contribution in [2.75, 3.05) is 59.0 Å². The van der Waals surface area contributed by atoms with E-state index >= 15 is 0 Å². The average molecular weight is 1250 g/mol. The number of nitrogens with zero attached hydrogens (tertiary/aromatic N) is 1. The van der Waals surface area contributed by atoms with Gasteiger partial charge in [-0.2, -0.15) is 0 Å². The highest BCUT2D eigenvalue weighted by Gasteiger charge is 2.39. The average Bonchev–Trinajstić information content (AvgIpc) is 2.68.